The molecule has 0 radical (unpaired) electrons. The molecule has 4 heteroatoms. The molecule has 0 aromatic heterocycles. The average Bonchev–Trinajstić information content (AvgIpc) is 2.26. The number of fused-ring (bicyclic) bond motifs is 1. The minimum atomic E-state index is -4.30. The van der Waals surface area contributed by atoms with Crippen LogP contribution in [0, 0.1) is 0 Å². The summed E-state index contributed by atoms with van der Waals surface area (Å²) in [7, 11) is 0. The van der Waals surface area contributed by atoms with Gasteiger partial charge in [-0.3, -0.25) is 0 Å². The van der Waals surface area contributed by atoms with Gasteiger partial charge in [-0.05, 0) is 34.5 Å². The molecule has 0 spiro atoms. The van der Waals surface area contributed by atoms with E-state index in [1.807, 2.05) is 6.07 Å². The predicted molar refractivity (Wildman–Crippen MR) is 58.5 cm³/mol. The Labute approximate surface area is 95.6 Å². The summed E-state index contributed by atoms with van der Waals surface area (Å²) in [5.74, 6) is 0.298. The summed E-state index contributed by atoms with van der Waals surface area (Å²) < 4.78 is 37.4. The van der Waals surface area contributed by atoms with Crippen molar-refractivity contribution in [2.75, 3.05) is 0 Å². The van der Waals surface area contributed by atoms with E-state index in [4.69, 9.17) is 11.6 Å². The third-order valence-corrected chi connectivity index (χ3v) is 2.69. The number of benzene rings is 2. The number of rotatable bonds is 1. The van der Waals surface area contributed by atoms with Crippen LogP contribution in [0.15, 0.2) is 36.4 Å². The standard InChI is InChI=1S/C12H8ClF3/c13-7-8-1-2-9-3-4-11(12(14,15)16)6-10(9)5-8/h1-6H,7H2. The molecule has 0 amide bonds. The Balaban J connectivity index is 2.59. The average molecular weight is 245 g/mol. The summed E-state index contributed by atoms with van der Waals surface area (Å²) in [6.07, 6.45) is -4.30. The van der Waals surface area contributed by atoms with E-state index in [1.165, 1.54) is 6.07 Å². The summed E-state index contributed by atoms with van der Waals surface area (Å²) in [4.78, 5) is 0. The molecule has 2 aromatic carbocycles. The highest BCUT2D eigenvalue weighted by molar-refractivity contribution is 6.17. The van der Waals surface area contributed by atoms with Crippen LogP contribution in [-0.2, 0) is 12.1 Å². The molecule has 0 heterocycles. The smallest absolute Gasteiger partial charge is 0.166 e. The predicted octanol–water partition coefficient (Wildman–Crippen LogP) is 4.60. The van der Waals surface area contributed by atoms with E-state index in [0.717, 1.165) is 23.1 Å². The lowest BCUT2D eigenvalue weighted by molar-refractivity contribution is -0.137. The Hall–Kier alpha value is -1.22. The van der Waals surface area contributed by atoms with Crippen LogP contribution in [0.4, 0.5) is 13.2 Å². The van der Waals surface area contributed by atoms with Crippen molar-refractivity contribution < 1.29 is 13.2 Å². The van der Waals surface area contributed by atoms with Crippen molar-refractivity contribution in [2.45, 2.75) is 12.1 Å². The second kappa shape index (κ2) is 3.98. The lowest BCUT2D eigenvalue weighted by Crippen LogP contribution is -2.04. The molecule has 0 saturated carbocycles. The van der Waals surface area contributed by atoms with E-state index in [0.29, 0.717) is 11.3 Å². The van der Waals surface area contributed by atoms with Crippen molar-refractivity contribution in [3.8, 4) is 0 Å². The highest BCUT2D eigenvalue weighted by atomic mass is 35.5. The van der Waals surface area contributed by atoms with Crippen molar-refractivity contribution >= 4 is 22.4 Å². The molecule has 0 atom stereocenters. The topological polar surface area (TPSA) is 0 Å². The Morgan fingerprint density at radius 3 is 2.25 bits per heavy atom. The maximum atomic E-state index is 12.5. The van der Waals surface area contributed by atoms with E-state index in [9.17, 15) is 13.2 Å². The Bertz CT molecular complexity index is 517. The Morgan fingerprint density at radius 1 is 0.938 bits per heavy atom. The van der Waals surface area contributed by atoms with Crippen molar-refractivity contribution in [3.63, 3.8) is 0 Å². The van der Waals surface area contributed by atoms with Gasteiger partial charge in [-0.1, -0.05) is 18.2 Å². The molecule has 0 N–H and O–H groups in total. The zero-order chi connectivity index (χ0) is 11.8. The summed E-state index contributed by atoms with van der Waals surface area (Å²) in [6, 6.07) is 8.96. The second-order valence-electron chi connectivity index (χ2n) is 3.53. The summed E-state index contributed by atoms with van der Waals surface area (Å²) in [5.41, 5.74) is 0.181. The fourth-order valence-electron chi connectivity index (χ4n) is 1.56. The summed E-state index contributed by atoms with van der Waals surface area (Å²) >= 11 is 5.63. The zero-order valence-electron chi connectivity index (χ0n) is 8.18. The SMILES string of the molecule is FC(F)(F)c1ccc2ccc(CCl)cc2c1. The summed E-state index contributed by atoms with van der Waals surface area (Å²) in [5, 5.41) is 1.34. The number of hydrogen-bond acceptors (Lipinski definition) is 0. The van der Waals surface area contributed by atoms with Crippen LogP contribution < -0.4 is 0 Å². The van der Waals surface area contributed by atoms with Crippen LogP contribution in [-0.4, -0.2) is 0 Å². The fourth-order valence-corrected chi connectivity index (χ4v) is 1.72. The highest BCUT2D eigenvalue weighted by Gasteiger charge is 2.30. The van der Waals surface area contributed by atoms with Gasteiger partial charge >= 0.3 is 6.18 Å². The molecule has 0 bridgehead atoms. The van der Waals surface area contributed by atoms with Gasteiger partial charge in [-0.15, -0.1) is 11.6 Å². The van der Waals surface area contributed by atoms with Crippen molar-refractivity contribution in [3.05, 3.63) is 47.5 Å². The number of halogens is 4. The highest BCUT2D eigenvalue weighted by Crippen LogP contribution is 2.31. The lowest BCUT2D eigenvalue weighted by Gasteiger charge is -2.08. The van der Waals surface area contributed by atoms with Crippen LogP contribution in [0.2, 0.25) is 0 Å². The second-order valence-corrected chi connectivity index (χ2v) is 3.79. The van der Waals surface area contributed by atoms with Gasteiger partial charge in [0.05, 0.1) is 5.56 Å². The van der Waals surface area contributed by atoms with Crippen LogP contribution in [0.1, 0.15) is 11.1 Å². The van der Waals surface area contributed by atoms with E-state index in [2.05, 4.69) is 0 Å². The number of alkyl halides is 4. The first-order valence-corrected chi connectivity index (χ1v) is 5.20. The minimum Gasteiger partial charge on any atom is -0.166 e. The normalized spacial score (nSPS) is 12.0. The molecule has 2 rings (SSSR count). The Morgan fingerprint density at radius 2 is 1.62 bits per heavy atom. The first-order chi connectivity index (χ1) is 7.50. The van der Waals surface area contributed by atoms with Gasteiger partial charge in [-0.2, -0.15) is 13.2 Å². The fraction of sp³-hybridized carbons (Fsp3) is 0.167. The largest absolute Gasteiger partial charge is 0.416 e. The first kappa shape index (κ1) is 11.3. The molecule has 0 fully saturated rings. The maximum Gasteiger partial charge on any atom is 0.416 e. The van der Waals surface area contributed by atoms with Gasteiger partial charge in [0.1, 0.15) is 0 Å². The van der Waals surface area contributed by atoms with E-state index in [-0.39, 0.29) is 0 Å². The third kappa shape index (κ3) is 2.14. The van der Waals surface area contributed by atoms with Crippen LogP contribution >= 0.6 is 11.6 Å². The van der Waals surface area contributed by atoms with Gasteiger partial charge in [-0.25, -0.2) is 0 Å². The molecular weight excluding hydrogens is 237 g/mol. The third-order valence-electron chi connectivity index (χ3n) is 2.39. The molecule has 16 heavy (non-hydrogen) atoms. The minimum absolute atomic E-state index is 0.298. The lowest BCUT2D eigenvalue weighted by atomic mass is 10.0. The quantitative estimate of drug-likeness (QED) is 0.643. The van der Waals surface area contributed by atoms with Gasteiger partial charge in [0.2, 0.25) is 0 Å². The zero-order valence-corrected chi connectivity index (χ0v) is 8.94. The van der Waals surface area contributed by atoms with Crippen molar-refractivity contribution in [1.82, 2.24) is 0 Å². The molecule has 0 aliphatic carbocycles. The van der Waals surface area contributed by atoms with Crippen LogP contribution in [0.25, 0.3) is 10.8 Å². The molecule has 84 valence electrons. The van der Waals surface area contributed by atoms with E-state index >= 15 is 0 Å². The van der Waals surface area contributed by atoms with E-state index < -0.39 is 11.7 Å². The molecule has 0 unspecified atom stereocenters. The Kier molecular flexibility index (Phi) is 2.80. The monoisotopic (exact) mass is 244 g/mol. The number of hydrogen-bond donors (Lipinski definition) is 0. The molecule has 0 aliphatic rings. The molecule has 0 nitrogen and oxygen atoms in total. The molecule has 0 saturated heterocycles. The van der Waals surface area contributed by atoms with Crippen LogP contribution in [0.5, 0.6) is 0 Å². The van der Waals surface area contributed by atoms with Crippen molar-refractivity contribution in [1.29, 1.82) is 0 Å². The van der Waals surface area contributed by atoms with Crippen molar-refractivity contribution in [2.24, 2.45) is 0 Å². The molecule has 2 aromatic rings. The first-order valence-electron chi connectivity index (χ1n) is 4.66. The van der Waals surface area contributed by atoms with Gasteiger partial charge < -0.3 is 0 Å². The van der Waals surface area contributed by atoms with Gasteiger partial charge in [0, 0.05) is 5.88 Å². The van der Waals surface area contributed by atoms with Crippen LogP contribution in [0.3, 0.4) is 0 Å². The maximum absolute atomic E-state index is 12.5. The molecular formula is C12H8ClF3. The van der Waals surface area contributed by atoms with E-state index in [1.54, 1.807) is 12.1 Å². The van der Waals surface area contributed by atoms with Gasteiger partial charge in [0.25, 0.3) is 0 Å². The van der Waals surface area contributed by atoms with Gasteiger partial charge in [0.15, 0.2) is 0 Å². The summed E-state index contributed by atoms with van der Waals surface area (Å²) in [6.45, 7) is 0. The molecule has 0 aliphatic heterocycles.